The summed E-state index contributed by atoms with van der Waals surface area (Å²) in [5, 5.41) is 6.19. The van der Waals surface area contributed by atoms with E-state index in [9.17, 15) is 9.18 Å². The Balaban J connectivity index is 1.40. The van der Waals surface area contributed by atoms with Crippen LogP contribution in [0.5, 0.6) is 0 Å². The second-order valence-corrected chi connectivity index (χ2v) is 6.86. The van der Waals surface area contributed by atoms with Crippen molar-refractivity contribution >= 4 is 17.3 Å². The van der Waals surface area contributed by atoms with Crippen molar-refractivity contribution in [3.05, 3.63) is 76.9 Å². The van der Waals surface area contributed by atoms with Crippen LogP contribution >= 0.6 is 11.3 Å². The molecule has 0 saturated heterocycles. The maximum Gasteiger partial charge on any atom is 0.358 e. The van der Waals surface area contributed by atoms with Gasteiger partial charge in [-0.05, 0) is 31.2 Å². The van der Waals surface area contributed by atoms with E-state index in [2.05, 4.69) is 15.1 Å². The molecule has 0 saturated carbocycles. The second-order valence-electron chi connectivity index (χ2n) is 6.00. The summed E-state index contributed by atoms with van der Waals surface area (Å²) in [5.74, 6) is -0.492. The Hall–Kier alpha value is -3.39. The molecule has 0 bridgehead atoms. The van der Waals surface area contributed by atoms with Crippen LogP contribution in [0.25, 0.3) is 22.0 Å². The molecular formula is C20H14FN3O3S. The SMILES string of the molecule is Cc1ccc(-c2nc(C(=O)OCc3nc(-c4ccc(F)cc4)no3)cs2)cc1. The zero-order valence-electron chi connectivity index (χ0n) is 14.8. The van der Waals surface area contributed by atoms with E-state index >= 15 is 0 Å². The molecule has 0 aliphatic rings. The summed E-state index contributed by atoms with van der Waals surface area (Å²) in [5.41, 5.74) is 2.92. The highest BCUT2D eigenvalue weighted by Gasteiger charge is 2.16. The number of aromatic nitrogens is 3. The lowest BCUT2D eigenvalue weighted by Gasteiger charge is -1.99. The Morgan fingerprint density at radius 2 is 1.79 bits per heavy atom. The number of nitrogens with zero attached hydrogens (tertiary/aromatic N) is 3. The molecule has 0 aliphatic heterocycles. The smallest absolute Gasteiger partial charge is 0.358 e. The first-order valence-corrected chi connectivity index (χ1v) is 9.25. The van der Waals surface area contributed by atoms with Crippen molar-refractivity contribution in [1.82, 2.24) is 15.1 Å². The summed E-state index contributed by atoms with van der Waals surface area (Å²) >= 11 is 1.37. The third kappa shape index (κ3) is 3.96. The Bertz CT molecular complexity index is 1100. The monoisotopic (exact) mass is 395 g/mol. The zero-order chi connectivity index (χ0) is 19.5. The van der Waals surface area contributed by atoms with Crippen LogP contribution in [-0.4, -0.2) is 21.1 Å². The van der Waals surface area contributed by atoms with Gasteiger partial charge in [0.25, 0.3) is 5.89 Å². The van der Waals surface area contributed by atoms with Crippen molar-refractivity contribution in [3.8, 4) is 22.0 Å². The largest absolute Gasteiger partial charge is 0.451 e. The van der Waals surface area contributed by atoms with Crippen molar-refractivity contribution < 1.29 is 18.4 Å². The molecule has 4 rings (SSSR count). The molecule has 0 amide bonds. The molecule has 0 aliphatic carbocycles. The Kier molecular flexibility index (Phi) is 4.94. The summed E-state index contributed by atoms with van der Waals surface area (Å²) in [6.07, 6.45) is 0. The van der Waals surface area contributed by atoms with E-state index in [4.69, 9.17) is 9.26 Å². The number of hydrogen-bond donors (Lipinski definition) is 0. The van der Waals surface area contributed by atoms with Crippen molar-refractivity contribution in [2.45, 2.75) is 13.5 Å². The highest BCUT2D eigenvalue weighted by Crippen LogP contribution is 2.24. The summed E-state index contributed by atoms with van der Waals surface area (Å²) in [6, 6.07) is 13.6. The number of thiazole rings is 1. The molecule has 0 unspecified atom stereocenters. The molecule has 8 heteroatoms. The second kappa shape index (κ2) is 7.69. The number of aryl methyl sites for hydroxylation is 1. The van der Waals surface area contributed by atoms with Crippen molar-refractivity contribution in [2.24, 2.45) is 0 Å². The molecule has 4 aromatic rings. The van der Waals surface area contributed by atoms with E-state index in [1.54, 1.807) is 5.38 Å². The maximum absolute atomic E-state index is 13.0. The van der Waals surface area contributed by atoms with Crippen molar-refractivity contribution in [3.63, 3.8) is 0 Å². The molecule has 0 spiro atoms. The number of halogens is 1. The standard InChI is InChI=1S/C20H14FN3O3S/c1-12-2-4-14(5-3-12)19-22-16(11-28-19)20(25)26-10-17-23-18(24-27-17)13-6-8-15(21)9-7-13/h2-9,11H,10H2,1H3. The minimum atomic E-state index is -0.573. The molecule has 140 valence electrons. The molecule has 2 aromatic heterocycles. The van der Waals surface area contributed by atoms with Crippen LogP contribution in [0.2, 0.25) is 0 Å². The number of carbonyl (C=O) groups excluding carboxylic acids is 1. The van der Waals surface area contributed by atoms with Crippen LogP contribution < -0.4 is 0 Å². The highest BCUT2D eigenvalue weighted by molar-refractivity contribution is 7.13. The van der Waals surface area contributed by atoms with E-state index in [1.165, 1.54) is 35.6 Å². The molecule has 6 nitrogen and oxygen atoms in total. The molecule has 0 radical (unpaired) electrons. The van der Waals surface area contributed by atoms with Crippen LogP contribution in [-0.2, 0) is 11.3 Å². The molecule has 0 atom stereocenters. The first kappa shape index (κ1) is 18.0. The van der Waals surface area contributed by atoms with Gasteiger partial charge in [-0.25, -0.2) is 14.2 Å². The fraction of sp³-hybridized carbons (Fsp3) is 0.100. The highest BCUT2D eigenvalue weighted by atomic mass is 32.1. The topological polar surface area (TPSA) is 78.1 Å². The predicted molar refractivity (Wildman–Crippen MR) is 101 cm³/mol. The molecule has 28 heavy (non-hydrogen) atoms. The van der Waals surface area contributed by atoms with Crippen molar-refractivity contribution in [1.29, 1.82) is 0 Å². The average Bonchev–Trinajstić information content (AvgIpc) is 3.37. The Morgan fingerprint density at radius 1 is 1.07 bits per heavy atom. The molecule has 0 N–H and O–H groups in total. The minimum Gasteiger partial charge on any atom is -0.451 e. The van der Waals surface area contributed by atoms with Crippen LogP contribution in [0.1, 0.15) is 21.9 Å². The van der Waals surface area contributed by atoms with E-state index in [0.29, 0.717) is 11.4 Å². The first-order valence-electron chi connectivity index (χ1n) is 8.37. The zero-order valence-corrected chi connectivity index (χ0v) is 15.6. The fourth-order valence-corrected chi connectivity index (χ4v) is 3.22. The number of benzene rings is 2. The van der Waals surface area contributed by atoms with Gasteiger partial charge in [0.2, 0.25) is 5.82 Å². The van der Waals surface area contributed by atoms with Gasteiger partial charge in [0.05, 0.1) is 0 Å². The molecular weight excluding hydrogens is 381 g/mol. The van der Waals surface area contributed by atoms with Gasteiger partial charge in [-0.2, -0.15) is 4.98 Å². The average molecular weight is 395 g/mol. The Morgan fingerprint density at radius 3 is 2.54 bits per heavy atom. The maximum atomic E-state index is 13.0. The van der Waals surface area contributed by atoms with E-state index in [-0.39, 0.29) is 24.0 Å². The van der Waals surface area contributed by atoms with E-state index in [1.807, 2.05) is 31.2 Å². The van der Waals surface area contributed by atoms with Gasteiger partial charge in [0, 0.05) is 16.5 Å². The van der Waals surface area contributed by atoms with Crippen LogP contribution in [0.15, 0.2) is 58.4 Å². The summed E-state index contributed by atoms with van der Waals surface area (Å²) < 4.78 is 23.3. The van der Waals surface area contributed by atoms with Gasteiger partial charge >= 0.3 is 5.97 Å². The van der Waals surface area contributed by atoms with Crippen LogP contribution in [0.3, 0.4) is 0 Å². The number of ether oxygens (including phenoxy) is 1. The number of rotatable bonds is 5. The van der Waals surface area contributed by atoms with Gasteiger partial charge in [-0.3, -0.25) is 0 Å². The number of esters is 1. The minimum absolute atomic E-state index is 0.140. The summed E-state index contributed by atoms with van der Waals surface area (Å²) in [6.45, 7) is 1.83. The van der Waals surface area contributed by atoms with Gasteiger partial charge in [0.15, 0.2) is 12.3 Å². The molecule has 2 aromatic carbocycles. The van der Waals surface area contributed by atoms with Gasteiger partial charge in [-0.1, -0.05) is 35.0 Å². The Labute approximate surface area is 163 Å². The van der Waals surface area contributed by atoms with E-state index < -0.39 is 5.97 Å². The van der Waals surface area contributed by atoms with Crippen LogP contribution in [0, 0.1) is 12.7 Å². The van der Waals surface area contributed by atoms with Gasteiger partial charge < -0.3 is 9.26 Å². The third-order valence-corrected chi connectivity index (χ3v) is 4.80. The van der Waals surface area contributed by atoms with Crippen molar-refractivity contribution in [2.75, 3.05) is 0 Å². The fourth-order valence-electron chi connectivity index (χ4n) is 2.43. The quantitative estimate of drug-likeness (QED) is 0.457. The molecule has 0 fully saturated rings. The number of hydrogen-bond acceptors (Lipinski definition) is 7. The van der Waals surface area contributed by atoms with Crippen LogP contribution in [0.4, 0.5) is 4.39 Å². The predicted octanol–water partition coefficient (Wildman–Crippen LogP) is 4.66. The van der Waals surface area contributed by atoms with E-state index in [0.717, 1.165) is 16.1 Å². The lowest BCUT2D eigenvalue weighted by Crippen LogP contribution is -2.05. The lowest BCUT2D eigenvalue weighted by molar-refractivity contribution is 0.0424. The first-order chi connectivity index (χ1) is 13.6. The summed E-state index contributed by atoms with van der Waals surface area (Å²) in [4.78, 5) is 20.7. The van der Waals surface area contributed by atoms with Gasteiger partial charge in [0.1, 0.15) is 10.8 Å². The lowest BCUT2D eigenvalue weighted by atomic mass is 10.2. The number of carbonyl (C=O) groups is 1. The van der Waals surface area contributed by atoms with Gasteiger partial charge in [-0.15, -0.1) is 11.3 Å². The summed E-state index contributed by atoms with van der Waals surface area (Å²) in [7, 11) is 0. The third-order valence-electron chi connectivity index (χ3n) is 3.91. The molecule has 2 heterocycles. The normalized spacial score (nSPS) is 10.8.